The second-order valence-corrected chi connectivity index (χ2v) is 9.44. The summed E-state index contributed by atoms with van der Waals surface area (Å²) >= 11 is 14.3. The number of benzene rings is 1. The maximum atomic E-state index is 13.2. The molecular weight excluding hydrogens is 513 g/mol. The number of hydrogen-bond donors (Lipinski definition) is 1. The van der Waals surface area contributed by atoms with Gasteiger partial charge in [-0.25, -0.2) is 4.98 Å². The molecule has 1 aromatic carbocycles. The zero-order valence-electron chi connectivity index (χ0n) is 15.2. The molecular formula is C17H12Cl2F6N2O2S2. The van der Waals surface area contributed by atoms with Crippen LogP contribution in [-0.2, 0) is 5.60 Å². The van der Waals surface area contributed by atoms with Crippen LogP contribution >= 0.6 is 46.3 Å². The van der Waals surface area contributed by atoms with Gasteiger partial charge in [0.15, 0.2) is 5.01 Å². The number of thiazole rings is 1. The van der Waals surface area contributed by atoms with E-state index in [1.165, 1.54) is 6.20 Å². The maximum absolute atomic E-state index is 13.2. The van der Waals surface area contributed by atoms with E-state index in [2.05, 4.69) is 4.98 Å². The maximum Gasteiger partial charge on any atom is 0.430 e. The predicted octanol–water partition coefficient (Wildman–Crippen LogP) is 5.62. The van der Waals surface area contributed by atoms with E-state index in [-0.39, 0.29) is 21.4 Å². The molecule has 2 aromatic rings. The van der Waals surface area contributed by atoms with Crippen LogP contribution in [0.5, 0.6) is 0 Å². The van der Waals surface area contributed by atoms with Gasteiger partial charge in [-0.2, -0.15) is 38.1 Å². The van der Waals surface area contributed by atoms with Crippen molar-refractivity contribution in [2.75, 3.05) is 24.6 Å². The summed E-state index contributed by atoms with van der Waals surface area (Å²) in [7, 11) is 0. The molecule has 0 spiro atoms. The highest BCUT2D eigenvalue weighted by atomic mass is 35.5. The lowest BCUT2D eigenvalue weighted by molar-refractivity contribution is -0.376. The molecule has 1 N–H and O–H groups in total. The number of carbonyl (C=O) groups excluding carboxylic acids is 1. The van der Waals surface area contributed by atoms with E-state index in [1.807, 2.05) is 0 Å². The van der Waals surface area contributed by atoms with Gasteiger partial charge >= 0.3 is 12.4 Å². The molecule has 0 aliphatic carbocycles. The van der Waals surface area contributed by atoms with Gasteiger partial charge in [0, 0.05) is 41.9 Å². The zero-order chi connectivity index (χ0) is 23.2. The Morgan fingerprint density at radius 1 is 1.03 bits per heavy atom. The minimum absolute atomic E-state index is 0.0205. The third kappa shape index (κ3) is 4.37. The molecule has 0 atom stereocenters. The molecule has 0 bridgehead atoms. The fourth-order valence-electron chi connectivity index (χ4n) is 2.88. The van der Waals surface area contributed by atoms with E-state index in [1.54, 1.807) is 16.7 Å². The highest BCUT2D eigenvalue weighted by molar-refractivity contribution is 7.99. The lowest BCUT2D eigenvalue weighted by atomic mass is 9.91. The summed E-state index contributed by atoms with van der Waals surface area (Å²) in [6.45, 7) is 1.07. The Balaban J connectivity index is 2.00. The normalized spacial score (nSPS) is 16.0. The summed E-state index contributed by atoms with van der Waals surface area (Å²) in [5, 5.41) is 7.94. The molecule has 2 heterocycles. The van der Waals surface area contributed by atoms with Gasteiger partial charge in [-0.3, -0.25) is 4.79 Å². The zero-order valence-corrected chi connectivity index (χ0v) is 18.3. The molecule has 1 aliphatic heterocycles. The summed E-state index contributed by atoms with van der Waals surface area (Å²) in [6.07, 6.45) is -11.0. The molecule has 1 saturated heterocycles. The summed E-state index contributed by atoms with van der Waals surface area (Å²) in [6, 6.07) is 1.28. The van der Waals surface area contributed by atoms with E-state index in [0.29, 0.717) is 19.2 Å². The second kappa shape index (κ2) is 8.62. The molecule has 31 heavy (non-hydrogen) atoms. The highest BCUT2D eigenvalue weighted by Gasteiger charge is 2.72. The summed E-state index contributed by atoms with van der Waals surface area (Å²) < 4.78 is 79.0. The van der Waals surface area contributed by atoms with Crippen LogP contribution in [0.25, 0.3) is 10.4 Å². The average Bonchev–Trinajstić information content (AvgIpc) is 3.17. The van der Waals surface area contributed by atoms with Crippen LogP contribution < -0.4 is 0 Å². The SMILES string of the molecule is O=C(c1ncc(-c2ccc(C(O)(C(F)(F)F)C(F)(F)F)c(Cl)c2Cl)s1)N1CCSCC1. The summed E-state index contributed by atoms with van der Waals surface area (Å²) in [5.41, 5.74) is -6.87. The third-order valence-corrected chi connectivity index (χ3v) is 7.39. The number of carbonyl (C=O) groups is 1. The van der Waals surface area contributed by atoms with Gasteiger partial charge < -0.3 is 10.0 Å². The van der Waals surface area contributed by atoms with Crippen molar-refractivity contribution in [2.24, 2.45) is 0 Å². The standard InChI is InChI=1S/C17H12Cl2F6N2O2S2/c18-11-8(10-7-26-13(31-10)14(28)27-3-5-30-6-4-27)1-2-9(12(11)19)15(29,16(20,21)22)17(23,24)25/h1-2,7,29H,3-6H2. The number of aromatic nitrogens is 1. The number of alkyl halides is 6. The monoisotopic (exact) mass is 524 g/mol. The van der Waals surface area contributed by atoms with E-state index in [9.17, 15) is 36.2 Å². The van der Waals surface area contributed by atoms with Crippen LogP contribution in [0, 0.1) is 0 Å². The van der Waals surface area contributed by atoms with Crippen LogP contribution in [0.2, 0.25) is 10.0 Å². The number of thioether (sulfide) groups is 1. The Labute approximate surface area is 190 Å². The van der Waals surface area contributed by atoms with Crippen LogP contribution in [-0.4, -0.2) is 57.8 Å². The first kappa shape index (κ1) is 24.4. The molecule has 1 amide bonds. The van der Waals surface area contributed by atoms with E-state index in [4.69, 9.17) is 23.2 Å². The van der Waals surface area contributed by atoms with Crippen molar-refractivity contribution in [1.29, 1.82) is 0 Å². The van der Waals surface area contributed by atoms with Crippen molar-refractivity contribution in [1.82, 2.24) is 9.88 Å². The Morgan fingerprint density at radius 2 is 1.61 bits per heavy atom. The number of amides is 1. The lowest BCUT2D eigenvalue weighted by Crippen LogP contribution is -2.54. The largest absolute Gasteiger partial charge is 0.430 e. The predicted molar refractivity (Wildman–Crippen MR) is 107 cm³/mol. The minimum atomic E-state index is -6.10. The minimum Gasteiger partial charge on any atom is -0.369 e. The van der Waals surface area contributed by atoms with Gasteiger partial charge in [0.05, 0.1) is 14.9 Å². The third-order valence-electron chi connectivity index (χ3n) is 4.54. The molecule has 4 nitrogen and oxygen atoms in total. The van der Waals surface area contributed by atoms with E-state index >= 15 is 0 Å². The Kier molecular flexibility index (Phi) is 6.79. The first-order chi connectivity index (χ1) is 14.3. The van der Waals surface area contributed by atoms with Gasteiger partial charge in [0.1, 0.15) is 0 Å². The molecule has 1 aromatic heterocycles. The van der Waals surface area contributed by atoms with Gasteiger partial charge in [-0.1, -0.05) is 35.3 Å². The summed E-state index contributed by atoms with van der Waals surface area (Å²) in [4.78, 5) is 18.3. The number of aliphatic hydroxyl groups is 1. The topological polar surface area (TPSA) is 53.4 Å². The van der Waals surface area contributed by atoms with Crippen molar-refractivity contribution in [2.45, 2.75) is 18.0 Å². The summed E-state index contributed by atoms with van der Waals surface area (Å²) in [5.74, 6) is 1.21. The quantitative estimate of drug-likeness (QED) is 0.529. The highest BCUT2D eigenvalue weighted by Crippen LogP contribution is 2.53. The number of rotatable bonds is 3. The lowest BCUT2D eigenvalue weighted by Gasteiger charge is -2.33. The van der Waals surface area contributed by atoms with Crippen LogP contribution in [0.4, 0.5) is 26.3 Å². The van der Waals surface area contributed by atoms with Gasteiger partial charge in [-0.15, -0.1) is 11.3 Å². The van der Waals surface area contributed by atoms with Crippen LogP contribution in [0.1, 0.15) is 15.4 Å². The van der Waals surface area contributed by atoms with Crippen molar-refractivity contribution in [3.05, 3.63) is 38.9 Å². The Morgan fingerprint density at radius 3 is 2.16 bits per heavy atom. The molecule has 1 aliphatic rings. The second-order valence-electron chi connectivity index (χ2n) is 6.43. The molecule has 14 heteroatoms. The van der Waals surface area contributed by atoms with Crippen LogP contribution in [0.3, 0.4) is 0 Å². The van der Waals surface area contributed by atoms with Gasteiger partial charge in [0.2, 0.25) is 0 Å². The van der Waals surface area contributed by atoms with E-state index in [0.717, 1.165) is 28.9 Å². The smallest absolute Gasteiger partial charge is 0.369 e. The van der Waals surface area contributed by atoms with Crippen molar-refractivity contribution in [3.63, 3.8) is 0 Å². The fourth-order valence-corrected chi connectivity index (χ4v) is 5.33. The number of nitrogens with zero attached hydrogens (tertiary/aromatic N) is 2. The Bertz CT molecular complexity index is 976. The molecule has 0 unspecified atom stereocenters. The molecule has 0 saturated carbocycles. The van der Waals surface area contributed by atoms with Crippen molar-refractivity contribution < 1.29 is 36.2 Å². The van der Waals surface area contributed by atoms with Crippen molar-refractivity contribution in [3.8, 4) is 10.4 Å². The van der Waals surface area contributed by atoms with Crippen LogP contribution in [0.15, 0.2) is 18.3 Å². The number of hydrogen-bond acceptors (Lipinski definition) is 5. The first-order valence-corrected chi connectivity index (χ1v) is 11.2. The fraction of sp³-hybridized carbons (Fsp3) is 0.412. The molecule has 1 fully saturated rings. The molecule has 0 radical (unpaired) electrons. The van der Waals surface area contributed by atoms with E-state index < -0.39 is 33.6 Å². The average molecular weight is 525 g/mol. The Hall–Kier alpha value is -1.21. The molecule has 170 valence electrons. The van der Waals surface area contributed by atoms with Gasteiger partial charge in [-0.05, 0) is 0 Å². The van der Waals surface area contributed by atoms with Crippen molar-refractivity contribution >= 4 is 52.2 Å². The molecule has 3 rings (SSSR count). The van der Waals surface area contributed by atoms with Gasteiger partial charge in [0.25, 0.3) is 11.5 Å². The first-order valence-electron chi connectivity index (χ1n) is 8.46. The number of halogens is 8.